The van der Waals surface area contributed by atoms with Gasteiger partial charge in [0.25, 0.3) is 0 Å². The molecule has 2 aromatic heterocycles. The van der Waals surface area contributed by atoms with Crippen LogP contribution in [0.3, 0.4) is 0 Å². The fourth-order valence-corrected chi connectivity index (χ4v) is 3.84. The molecule has 3 nitrogen and oxygen atoms in total. The second-order valence-electron chi connectivity index (χ2n) is 4.94. The van der Waals surface area contributed by atoms with E-state index in [-0.39, 0.29) is 0 Å². The van der Waals surface area contributed by atoms with E-state index in [1.807, 2.05) is 18.3 Å². The summed E-state index contributed by atoms with van der Waals surface area (Å²) in [4.78, 5) is 12.7. The number of halogens is 1. The molecule has 3 rings (SSSR count). The predicted molar refractivity (Wildman–Crippen MR) is 78.6 cm³/mol. The standard InChI is InChI=1S/C14H16ClN3S/c1-9-7-13(15)17-14(16-9)8-18-5-3-12-11(10(18)2)4-6-19-12/h4,6-7,10H,3,5,8H2,1-2H3. The van der Waals surface area contributed by atoms with E-state index in [1.165, 1.54) is 10.4 Å². The Morgan fingerprint density at radius 2 is 2.32 bits per heavy atom. The Labute approximate surface area is 122 Å². The summed E-state index contributed by atoms with van der Waals surface area (Å²) >= 11 is 7.86. The molecule has 1 unspecified atom stereocenters. The molecule has 0 amide bonds. The highest BCUT2D eigenvalue weighted by molar-refractivity contribution is 7.10. The molecule has 5 heteroatoms. The Kier molecular flexibility index (Phi) is 3.56. The average molecular weight is 294 g/mol. The Morgan fingerprint density at radius 3 is 3.11 bits per heavy atom. The van der Waals surface area contributed by atoms with Crippen molar-refractivity contribution in [2.24, 2.45) is 0 Å². The first kappa shape index (κ1) is 13.0. The zero-order chi connectivity index (χ0) is 13.4. The molecule has 2 aromatic rings. The minimum Gasteiger partial charge on any atom is -0.289 e. The molecule has 3 heterocycles. The van der Waals surface area contributed by atoms with Crippen LogP contribution >= 0.6 is 22.9 Å². The fourth-order valence-electron chi connectivity index (χ4n) is 2.62. The second kappa shape index (κ2) is 5.19. The van der Waals surface area contributed by atoms with Crippen molar-refractivity contribution in [2.75, 3.05) is 6.54 Å². The van der Waals surface area contributed by atoms with Crippen molar-refractivity contribution in [3.63, 3.8) is 0 Å². The zero-order valence-electron chi connectivity index (χ0n) is 11.1. The molecule has 1 aliphatic heterocycles. The maximum absolute atomic E-state index is 6.00. The van der Waals surface area contributed by atoms with Crippen molar-refractivity contribution in [1.82, 2.24) is 14.9 Å². The van der Waals surface area contributed by atoms with Crippen molar-refractivity contribution in [3.05, 3.63) is 44.6 Å². The maximum atomic E-state index is 6.00. The molecule has 0 aliphatic carbocycles. The van der Waals surface area contributed by atoms with Gasteiger partial charge in [0.2, 0.25) is 0 Å². The molecule has 0 saturated heterocycles. The minimum absolute atomic E-state index is 0.429. The number of hydrogen-bond donors (Lipinski definition) is 0. The lowest BCUT2D eigenvalue weighted by molar-refractivity contribution is 0.186. The Morgan fingerprint density at radius 1 is 1.47 bits per heavy atom. The summed E-state index contributed by atoms with van der Waals surface area (Å²) in [6.45, 7) is 6.03. The van der Waals surface area contributed by atoms with Gasteiger partial charge in [-0.3, -0.25) is 4.90 Å². The Hall–Kier alpha value is -0.970. The van der Waals surface area contributed by atoms with Crippen LogP contribution in [0.15, 0.2) is 17.5 Å². The van der Waals surface area contributed by atoms with Gasteiger partial charge in [0.15, 0.2) is 0 Å². The molecule has 0 radical (unpaired) electrons. The van der Waals surface area contributed by atoms with E-state index in [1.54, 1.807) is 6.07 Å². The lowest BCUT2D eigenvalue weighted by Crippen LogP contribution is -2.33. The lowest BCUT2D eigenvalue weighted by atomic mass is 10.0. The normalized spacial score (nSPS) is 19.4. The van der Waals surface area contributed by atoms with E-state index in [4.69, 9.17) is 11.6 Å². The zero-order valence-corrected chi connectivity index (χ0v) is 12.6. The van der Waals surface area contributed by atoms with Crippen LogP contribution in [0.25, 0.3) is 0 Å². The van der Waals surface area contributed by atoms with Crippen LogP contribution in [0, 0.1) is 6.92 Å². The molecule has 0 bridgehead atoms. The first-order chi connectivity index (χ1) is 9.13. The SMILES string of the molecule is Cc1cc(Cl)nc(CN2CCc3sccc3C2C)n1. The highest BCUT2D eigenvalue weighted by atomic mass is 35.5. The Balaban J connectivity index is 1.81. The van der Waals surface area contributed by atoms with E-state index in [9.17, 15) is 0 Å². The van der Waals surface area contributed by atoms with Gasteiger partial charge in [0, 0.05) is 23.2 Å². The summed E-state index contributed by atoms with van der Waals surface area (Å²) in [5, 5.41) is 2.72. The monoisotopic (exact) mass is 293 g/mol. The molecule has 0 aromatic carbocycles. The van der Waals surface area contributed by atoms with Crippen molar-refractivity contribution in [2.45, 2.75) is 32.9 Å². The van der Waals surface area contributed by atoms with E-state index in [2.05, 4.69) is 33.2 Å². The maximum Gasteiger partial charge on any atom is 0.144 e. The number of aromatic nitrogens is 2. The number of thiophene rings is 1. The largest absolute Gasteiger partial charge is 0.289 e. The quantitative estimate of drug-likeness (QED) is 0.792. The van der Waals surface area contributed by atoms with Crippen LogP contribution in [-0.2, 0) is 13.0 Å². The number of rotatable bonds is 2. The number of aryl methyl sites for hydroxylation is 1. The first-order valence-corrected chi connectivity index (χ1v) is 7.69. The van der Waals surface area contributed by atoms with Crippen LogP contribution in [-0.4, -0.2) is 21.4 Å². The predicted octanol–water partition coefficient (Wildman–Crippen LogP) is 3.62. The van der Waals surface area contributed by atoms with Crippen LogP contribution in [0.2, 0.25) is 5.15 Å². The van der Waals surface area contributed by atoms with Crippen molar-refractivity contribution < 1.29 is 0 Å². The highest BCUT2D eigenvalue weighted by Gasteiger charge is 2.25. The third-order valence-corrected chi connectivity index (χ3v) is 4.81. The van der Waals surface area contributed by atoms with Gasteiger partial charge < -0.3 is 0 Å². The number of nitrogens with zero attached hydrogens (tertiary/aromatic N) is 3. The van der Waals surface area contributed by atoms with Gasteiger partial charge in [0.05, 0.1) is 6.54 Å². The van der Waals surface area contributed by atoms with E-state index >= 15 is 0 Å². The molecule has 19 heavy (non-hydrogen) atoms. The summed E-state index contributed by atoms with van der Waals surface area (Å²) in [5.74, 6) is 0.815. The molecular weight excluding hydrogens is 278 g/mol. The first-order valence-electron chi connectivity index (χ1n) is 6.44. The van der Waals surface area contributed by atoms with Gasteiger partial charge in [-0.15, -0.1) is 11.3 Å². The molecule has 0 spiro atoms. The van der Waals surface area contributed by atoms with Gasteiger partial charge >= 0.3 is 0 Å². The lowest BCUT2D eigenvalue weighted by Gasteiger charge is -2.32. The topological polar surface area (TPSA) is 29.0 Å². The van der Waals surface area contributed by atoms with E-state index in [0.717, 1.165) is 31.0 Å². The van der Waals surface area contributed by atoms with Crippen molar-refractivity contribution in [1.29, 1.82) is 0 Å². The molecule has 0 saturated carbocycles. The van der Waals surface area contributed by atoms with Gasteiger partial charge in [-0.25, -0.2) is 9.97 Å². The molecular formula is C14H16ClN3S. The molecule has 0 N–H and O–H groups in total. The summed E-state index contributed by atoms with van der Waals surface area (Å²) in [7, 11) is 0. The van der Waals surface area contributed by atoms with Gasteiger partial charge in [-0.05, 0) is 43.3 Å². The second-order valence-corrected chi connectivity index (χ2v) is 6.33. The molecule has 1 aliphatic rings. The third kappa shape index (κ3) is 2.66. The molecule has 0 fully saturated rings. The van der Waals surface area contributed by atoms with E-state index in [0.29, 0.717) is 11.2 Å². The van der Waals surface area contributed by atoms with Crippen LogP contribution in [0.1, 0.15) is 34.9 Å². The van der Waals surface area contributed by atoms with Crippen molar-refractivity contribution >= 4 is 22.9 Å². The summed E-state index contributed by atoms with van der Waals surface area (Å²) in [5.41, 5.74) is 2.38. The number of hydrogen-bond acceptors (Lipinski definition) is 4. The van der Waals surface area contributed by atoms with Gasteiger partial charge in [-0.1, -0.05) is 11.6 Å². The number of fused-ring (bicyclic) bond motifs is 1. The fraction of sp³-hybridized carbons (Fsp3) is 0.429. The average Bonchev–Trinajstić information content (AvgIpc) is 2.80. The Bertz CT molecular complexity index is 576. The van der Waals surface area contributed by atoms with Crippen LogP contribution in [0.5, 0.6) is 0 Å². The van der Waals surface area contributed by atoms with Gasteiger partial charge in [0.1, 0.15) is 11.0 Å². The van der Waals surface area contributed by atoms with Crippen molar-refractivity contribution in [3.8, 4) is 0 Å². The molecule has 1 atom stereocenters. The summed E-state index contributed by atoms with van der Waals surface area (Å²) < 4.78 is 0. The van der Waals surface area contributed by atoms with E-state index < -0.39 is 0 Å². The summed E-state index contributed by atoms with van der Waals surface area (Å²) in [6.07, 6.45) is 1.12. The minimum atomic E-state index is 0.429. The van der Waals surface area contributed by atoms with Crippen LogP contribution in [0.4, 0.5) is 0 Å². The van der Waals surface area contributed by atoms with Crippen LogP contribution < -0.4 is 0 Å². The summed E-state index contributed by atoms with van der Waals surface area (Å²) in [6, 6.07) is 4.46. The molecule has 100 valence electrons. The highest BCUT2D eigenvalue weighted by Crippen LogP contribution is 2.33. The smallest absolute Gasteiger partial charge is 0.144 e. The third-order valence-electron chi connectivity index (χ3n) is 3.62. The van der Waals surface area contributed by atoms with Gasteiger partial charge in [-0.2, -0.15) is 0 Å².